The Hall–Kier alpha value is -1.05. The lowest BCUT2D eigenvalue weighted by Crippen LogP contribution is -2.30. The zero-order chi connectivity index (χ0) is 12.1. The topological polar surface area (TPSA) is 49.7 Å². The fourth-order valence-electron chi connectivity index (χ4n) is 1.17. The van der Waals surface area contributed by atoms with E-state index in [4.69, 9.17) is 10.0 Å². The van der Waals surface area contributed by atoms with Crippen molar-refractivity contribution < 1.29 is 28.0 Å². The van der Waals surface area contributed by atoms with E-state index in [9.17, 15) is 13.2 Å². The Balaban J connectivity index is 2.65. The number of halogens is 3. The molecule has 16 heavy (non-hydrogen) atoms. The molecule has 0 heterocycles. The summed E-state index contributed by atoms with van der Waals surface area (Å²) >= 11 is 0. The minimum absolute atomic E-state index is 0.0457. The molecule has 0 atom stereocenters. The molecule has 3 nitrogen and oxygen atoms in total. The lowest BCUT2D eigenvalue weighted by molar-refractivity contribution is 0.00983. The predicted octanol–water partition coefficient (Wildman–Crippen LogP) is 0.287. The van der Waals surface area contributed by atoms with Gasteiger partial charge in [0.05, 0.1) is 6.61 Å². The largest absolute Gasteiger partial charge is 0.488 e. The summed E-state index contributed by atoms with van der Waals surface area (Å²) in [4.78, 5) is 0. The van der Waals surface area contributed by atoms with Crippen molar-refractivity contribution in [1.29, 1.82) is 0 Å². The molecule has 2 N–H and O–H groups in total. The molecule has 0 aliphatic rings. The summed E-state index contributed by atoms with van der Waals surface area (Å²) in [7, 11) is -1.80. The van der Waals surface area contributed by atoms with Gasteiger partial charge in [-0.3, -0.25) is 0 Å². The summed E-state index contributed by atoms with van der Waals surface area (Å²) in [6, 6.07) is 3.30. The van der Waals surface area contributed by atoms with Crippen LogP contribution in [-0.2, 0) is 11.3 Å². The van der Waals surface area contributed by atoms with Gasteiger partial charge >= 0.3 is 7.12 Å². The molecule has 0 aliphatic carbocycles. The van der Waals surface area contributed by atoms with Crippen LogP contribution in [0.5, 0.6) is 0 Å². The fraction of sp³-hybridized carbons (Fsp3) is 0.333. The average molecular weight is 234 g/mol. The number of hydrogen-bond donors (Lipinski definition) is 2. The van der Waals surface area contributed by atoms with Crippen LogP contribution >= 0.6 is 0 Å². The van der Waals surface area contributed by atoms with Crippen LogP contribution in [0.25, 0.3) is 0 Å². The summed E-state index contributed by atoms with van der Waals surface area (Å²) < 4.78 is 41.0. The zero-order valence-electron chi connectivity index (χ0n) is 8.24. The van der Waals surface area contributed by atoms with Crippen LogP contribution in [0.15, 0.2) is 18.2 Å². The third kappa shape index (κ3) is 4.22. The standard InChI is InChI=1S/C9H10BF3O3/c11-8-2-6(4-16-5-9(12)13)1-7(3-8)10(14)15/h1-3,9,14-15H,4-5H2. The summed E-state index contributed by atoms with van der Waals surface area (Å²) in [5.41, 5.74) is 0.222. The minimum Gasteiger partial charge on any atom is -0.423 e. The van der Waals surface area contributed by atoms with E-state index in [-0.39, 0.29) is 17.6 Å². The van der Waals surface area contributed by atoms with Crippen molar-refractivity contribution >= 4 is 12.6 Å². The van der Waals surface area contributed by atoms with Crippen molar-refractivity contribution in [2.24, 2.45) is 0 Å². The van der Waals surface area contributed by atoms with Crippen LogP contribution < -0.4 is 5.46 Å². The Morgan fingerprint density at radius 3 is 2.50 bits per heavy atom. The third-order valence-corrected chi connectivity index (χ3v) is 1.79. The van der Waals surface area contributed by atoms with Crippen molar-refractivity contribution in [3.8, 4) is 0 Å². The van der Waals surface area contributed by atoms with Gasteiger partial charge in [0.15, 0.2) is 0 Å². The summed E-state index contributed by atoms with van der Waals surface area (Å²) in [5.74, 6) is -0.679. The van der Waals surface area contributed by atoms with Crippen LogP contribution in [0, 0.1) is 5.82 Å². The normalized spacial score (nSPS) is 10.9. The van der Waals surface area contributed by atoms with Crippen molar-refractivity contribution in [2.45, 2.75) is 13.0 Å². The first-order valence-corrected chi connectivity index (χ1v) is 4.50. The molecule has 0 unspecified atom stereocenters. The first kappa shape index (κ1) is 13.0. The molecule has 1 rings (SSSR count). The molecule has 0 fully saturated rings. The van der Waals surface area contributed by atoms with Gasteiger partial charge in [-0.1, -0.05) is 6.07 Å². The molecule has 0 saturated heterocycles. The van der Waals surface area contributed by atoms with Crippen molar-refractivity contribution in [1.82, 2.24) is 0 Å². The van der Waals surface area contributed by atoms with E-state index < -0.39 is 26.0 Å². The number of rotatable bonds is 5. The molecule has 88 valence electrons. The highest BCUT2D eigenvalue weighted by Gasteiger charge is 2.13. The van der Waals surface area contributed by atoms with E-state index in [1.807, 2.05) is 0 Å². The van der Waals surface area contributed by atoms with Crippen LogP contribution in [0.2, 0.25) is 0 Å². The Morgan fingerprint density at radius 1 is 1.25 bits per heavy atom. The van der Waals surface area contributed by atoms with E-state index in [2.05, 4.69) is 4.74 Å². The van der Waals surface area contributed by atoms with E-state index in [1.165, 1.54) is 6.07 Å². The van der Waals surface area contributed by atoms with Gasteiger partial charge in [0, 0.05) is 0 Å². The molecule has 0 spiro atoms. The highest BCUT2D eigenvalue weighted by atomic mass is 19.3. The fourth-order valence-corrected chi connectivity index (χ4v) is 1.17. The van der Waals surface area contributed by atoms with Crippen LogP contribution in [0.1, 0.15) is 5.56 Å². The lowest BCUT2D eigenvalue weighted by Gasteiger charge is -2.06. The van der Waals surface area contributed by atoms with Crippen LogP contribution in [0.3, 0.4) is 0 Å². The van der Waals surface area contributed by atoms with Crippen LogP contribution in [-0.4, -0.2) is 30.2 Å². The molecule has 0 saturated carbocycles. The third-order valence-electron chi connectivity index (χ3n) is 1.79. The molecular weight excluding hydrogens is 224 g/mol. The maximum Gasteiger partial charge on any atom is 0.488 e. The Labute approximate surface area is 90.6 Å². The van der Waals surface area contributed by atoms with Gasteiger partial charge in [-0.2, -0.15) is 0 Å². The zero-order valence-corrected chi connectivity index (χ0v) is 8.24. The maximum absolute atomic E-state index is 12.9. The summed E-state index contributed by atoms with van der Waals surface area (Å²) in [5, 5.41) is 17.6. The smallest absolute Gasteiger partial charge is 0.423 e. The highest BCUT2D eigenvalue weighted by Crippen LogP contribution is 2.05. The maximum atomic E-state index is 12.9. The second-order valence-electron chi connectivity index (χ2n) is 3.17. The van der Waals surface area contributed by atoms with Gasteiger partial charge < -0.3 is 14.8 Å². The highest BCUT2D eigenvalue weighted by molar-refractivity contribution is 6.58. The van der Waals surface area contributed by atoms with E-state index in [1.54, 1.807) is 0 Å². The number of hydrogen-bond acceptors (Lipinski definition) is 3. The molecule has 1 aromatic rings. The van der Waals surface area contributed by atoms with E-state index >= 15 is 0 Å². The van der Waals surface area contributed by atoms with Gasteiger partial charge in [0.25, 0.3) is 6.43 Å². The second-order valence-corrected chi connectivity index (χ2v) is 3.17. The monoisotopic (exact) mass is 234 g/mol. The molecule has 0 aliphatic heterocycles. The minimum atomic E-state index is -2.59. The average Bonchev–Trinajstić information content (AvgIpc) is 2.16. The summed E-state index contributed by atoms with van der Waals surface area (Å²) in [6.45, 7) is -0.949. The van der Waals surface area contributed by atoms with Gasteiger partial charge in [0.1, 0.15) is 12.4 Å². The molecule has 0 amide bonds. The predicted molar refractivity (Wildman–Crippen MR) is 51.9 cm³/mol. The van der Waals surface area contributed by atoms with Gasteiger partial charge in [0.2, 0.25) is 0 Å². The van der Waals surface area contributed by atoms with Gasteiger partial charge in [-0.25, -0.2) is 13.2 Å². The Morgan fingerprint density at radius 2 is 1.94 bits per heavy atom. The molecule has 0 bridgehead atoms. The van der Waals surface area contributed by atoms with Gasteiger partial charge in [-0.05, 0) is 23.2 Å². The molecular formula is C9H10BF3O3. The molecule has 0 radical (unpaired) electrons. The first-order valence-electron chi connectivity index (χ1n) is 4.50. The van der Waals surface area contributed by atoms with Crippen molar-refractivity contribution in [3.63, 3.8) is 0 Å². The number of ether oxygens (including phenoxy) is 1. The Bertz CT molecular complexity index is 347. The second kappa shape index (κ2) is 5.88. The quantitative estimate of drug-likeness (QED) is 0.719. The SMILES string of the molecule is OB(O)c1cc(F)cc(COCC(F)F)c1. The molecule has 1 aromatic carbocycles. The van der Waals surface area contributed by atoms with Crippen LogP contribution in [0.4, 0.5) is 13.2 Å². The van der Waals surface area contributed by atoms with E-state index in [0.29, 0.717) is 0 Å². The van der Waals surface area contributed by atoms with Crippen molar-refractivity contribution in [2.75, 3.05) is 6.61 Å². The van der Waals surface area contributed by atoms with E-state index in [0.717, 1.165) is 12.1 Å². The molecule has 0 aromatic heterocycles. The van der Waals surface area contributed by atoms with Gasteiger partial charge in [-0.15, -0.1) is 0 Å². The van der Waals surface area contributed by atoms with Crippen molar-refractivity contribution in [3.05, 3.63) is 29.6 Å². The summed E-state index contributed by atoms with van der Waals surface area (Å²) in [6.07, 6.45) is -2.59. The first-order chi connectivity index (χ1) is 7.49. The number of alkyl halides is 2. The number of benzene rings is 1. The lowest BCUT2D eigenvalue weighted by atomic mass is 9.79. The Kier molecular flexibility index (Phi) is 4.79. The molecule has 7 heteroatoms.